The Balaban J connectivity index is 2.77. The Morgan fingerprint density at radius 1 is 1.21 bits per heavy atom. The van der Waals surface area contributed by atoms with E-state index in [2.05, 4.69) is 46.4 Å². The van der Waals surface area contributed by atoms with Gasteiger partial charge in [-0.2, -0.15) is 0 Å². The molecule has 0 aromatic carbocycles. The summed E-state index contributed by atoms with van der Waals surface area (Å²) in [6.07, 6.45) is 0.810. The average molecular weight is 272 g/mol. The fraction of sp³-hybridized carbons (Fsp3) is 1.00. The van der Waals surface area contributed by atoms with Gasteiger partial charge in [-0.3, -0.25) is 0 Å². The lowest BCUT2D eigenvalue weighted by Crippen LogP contribution is -2.49. The van der Waals surface area contributed by atoms with E-state index in [1.165, 1.54) is 0 Å². The van der Waals surface area contributed by atoms with Crippen molar-refractivity contribution < 1.29 is 9.84 Å². The Morgan fingerprint density at radius 3 is 2.16 bits per heavy atom. The molecule has 2 unspecified atom stereocenters. The van der Waals surface area contributed by atoms with E-state index in [0.29, 0.717) is 12.0 Å². The first-order valence-corrected chi connectivity index (χ1v) is 7.42. The van der Waals surface area contributed by atoms with Crippen molar-refractivity contribution in [2.45, 2.75) is 71.2 Å². The fourth-order valence-electron chi connectivity index (χ4n) is 3.16. The highest BCUT2D eigenvalue weighted by Crippen LogP contribution is 2.41. The molecular weight excluding hydrogens is 240 g/mol. The first kappa shape index (κ1) is 16.9. The van der Waals surface area contributed by atoms with Crippen molar-refractivity contribution in [1.82, 2.24) is 4.90 Å². The summed E-state index contributed by atoms with van der Waals surface area (Å²) in [5.41, 5.74) is 5.94. The van der Waals surface area contributed by atoms with Crippen LogP contribution in [-0.4, -0.2) is 53.0 Å². The number of aliphatic hydroxyl groups excluding tert-OH is 1. The highest BCUT2D eigenvalue weighted by molar-refractivity contribution is 5.04. The van der Waals surface area contributed by atoms with Crippen LogP contribution in [0.5, 0.6) is 0 Å². The van der Waals surface area contributed by atoms with Crippen LogP contribution in [0.15, 0.2) is 0 Å². The van der Waals surface area contributed by atoms with E-state index in [4.69, 9.17) is 15.6 Å². The normalized spacial score (nSPS) is 29.4. The van der Waals surface area contributed by atoms with Gasteiger partial charge in [-0.25, -0.2) is 0 Å². The lowest BCUT2D eigenvalue weighted by atomic mass is 9.82. The first-order valence-electron chi connectivity index (χ1n) is 7.42. The molecule has 1 fully saturated rings. The second-order valence-corrected chi connectivity index (χ2v) is 7.11. The summed E-state index contributed by atoms with van der Waals surface area (Å²) in [5, 5.41) is 9.02. The minimum Gasteiger partial charge on any atom is -0.396 e. The van der Waals surface area contributed by atoms with E-state index < -0.39 is 0 Å². The summed E-state index contributed by atoms with van der Waals surface area (Å²) < 4.78 is 6.15. The third kappa shape index (κ3) is 3.91. The zero-order valence-corrected chi connectivity index (χ0v) is 13.4. The number of nitrogens with zero attached hydrogens (tertiary/aromatic N) is 1. The van der Waals surface area contributed by atoms with Gasteiger partial charge in [0.05, 0.1) is 11.2 Å². The molecule has 0 aliphatic carbocycles. The molecule has 0 aromatic rings. The SMILES string of the molecule is CC(C)N(CCCO)CC1C(N)C(C)(C)OC1(C)C. The van der Waals surface area contributed by atoms with Crippen LogP contribution in [0, 0.1) is 5.92 Å². The van der Waals surface area contributed by atoms with E-state index in [1.54, 1.807) is 0 Å². The molecule has 4 nitrogen and oxygen atoms in total. The summed E-state index contributed by atoms with van der Waals surface area (Å²) in [4.78, 5) is 2.40. The Hall–Kier alpha value is -0.160. The van der Waals surface area contributed by atoms with E-state index in [9.17, 15) is 0 Å². The molecule has 0 saturated carbocycles. The molecule has 1 aliphatic heterocycles. The molecule has 2 atom stereocenters. The summed E-state index contributed by atoms with van der Waals surface area (Å²) in [7, 11) is 0. The number of hydrogen-bond donors (Lipinski definition) is 2. The van der Waals surface area contributed by atoms with Crippen LogP contribution in [-0.2, 0) is 4.74 Å². The van der Waals surface area contributed by atoms with Crippen molar-refractivity contribution in [2.75, 3.05) is 19.7 Å². The molecule has 1 saturated heterocycles. The van der Waals surface area contributed by atoms with Crippen molar-refractivity contribution in [2.24, 2.45) is 11.7 Å². The van der Waals surface area contributed by atoms with Crippen molar-refractivity contribution in [1.29, 1.82) is 0 Å². The molecule has 0 aromatic heterocycles. The van der Waals surface area contributed by atoms with Gasteiger partial charge in [0.25, 0.3) is 0 Å². The van der Waals surface area contributed by atoms with Crippen LogP contribution in [0.4, 0.5) is 0 Å². The second kappa shape index (κ2) is 6.08. The van der Waals surface area contributed by atoms with Crippen LogP contribution in [0.2, 0.25) is 0 Å². The maximum Gasteiger partial charge on any atom is 0.0788 e. The third-order valence-electron chi connectivity index (χ3n) is 4.42. The van der Waals surface area contributed by atoms with Crippen molar-refractivity contribution in [3.8, 4) is 0 Å². The van der Waals surface area contributed by atoms with E-state index >= 15 is 0 Å². The zero-order valence-electron chi connectivity index (χ0n) is 13.4. The number of hydrogen-bond acceptors (Lipinski definition) is 4. The fourth-order valence-corrected chi connectivity index (χ4v) is 3.16. The monoisotopic (exact) mass is 272 g/mol. The second-order valence-electron chi connectivity index (χ2n) is 7.11. The van der Waals surface area contributed by atoms with Gasteiger partial charge in [-0.1, -0.05) is 0 Å². The molecule has 1 aliphatic rings. The predicted octanol–water partition coefficient (Wildman–Crippen LogP) is 1.61. The molecule has 0 spiro atoms. The quantitative estimate of drug-likeness (QED) is 0.771. The van der Waals surface area contributed by atoms with Gasteiger partial charge in [-0.05, 0) is 48.0 Å². The highest BCUT2D eigenvalue weighted by Gasteiger charge is 2.52. The number of rotatable bonds is 6. The zero-order chi connectivity index (χ0) is 14.8. The summed E-state index contributed by atoms with van der Waals surface area (Å²) in [6, 6.07) is 0.496. The Morgan fingerprint density at radius 2 is 1.79 bits per heavy atom. The molecule has 1 rings (SSSR count). The summed E-state index contributed by atoms with van der Waals surface area (Å²) in [5.74, 6) is 0.309. The van der Waals surface area contributed by atoms with Gasteiger partial charge in [0.15, 0.2) is 0 Å². The van der Waals surface area contributed by atoms with Crippen LogP contribution in [0.3, 0.4) is 0 Å². The van der Waals surface area contributed by atoms with E-state index in [1.807, 2.05) is 0 Å². The number of ether oxygens (including phenoxy) is 1. The summed E-state index contributed by atoms with van der Waals surface area (Å²) in [6.45, 7) is 14.9. The minimum absolute atomic E-state index is 0.0397. The molecule has 114 valence electrons. The third-order valence-corrected chi connectivity index (χ3v) is 4.42. The Bertz CT molecular complexity index is 290. The van der Waals surface area contributed by atoms with Crippen LogP contribution in [0.25, 0.3) is 0 Å². The van der Waals surface area contributed by atoms with Gasteiger partial charge >= 0.3 is 0 Å². The largest absolute Gasteiger partial charge is 0.396 e. The van der Waals surface area contributed by atoms with Crippen molar-refractivity contribution in [3.63, 3.8) is 0 Å². The summed E-state index contributed by atoms with van der Waals surface area (Å²) >= 11 is 0. The predicted molar refractivity (Wildman–Crippen MR) is 79.1 cm³/mol. The average Bonchev–Trinajstić information content (AvgIpc) is 2.40. The Labute approximate surface area is 118 Å². The van der Waals surface area contributed by atoms with Gasteiger partial charge < -0.3 is 20.5 Å². The molecule has 19 heavy (non-hydrogen) atoms. The van der Waals surface area contributed by atoms with Crippen molar-refractivity contribution in [3.05, 3.63) is 0 Å². The van der Waals surface area contributed by atoms with E-state index in [-0.39, 0.29) is 23.9 Å². The first-order chi connectivity index (χ1) is 8.62. The van der Waals surface area contributed by atoms with Gasteiger partial charge in [0, 0.05) is 37.7 Å². The lowest BCUT2D eigenvalue weighted by Gasteiger charge is -2.35. The molecule has 4 heteroatoms. The van der Waals surface area contributed by atoms with Gasteiger partial charge in [0.2, 0.25) is 0 Å². The lowest BCUT2D eigenvalue weighted by molar-refractivity contribution is -0.0790. The van der Waals surface area contributed by atoms with E-state index in [0.717, 1.165) is 19.5 Å². The Kier molecular flexibility index (Phi) is 5.41. The standard InChI is InChI=1S/C15H32N2O2/c1-11(2)17(8-7-9-18)10-12-13(16)15(5,6)19-14(12,3)4/h11-13,18H,7-10,16H2,1-6H3. The minimum atomic E-state index is -0.270. The molecule has 0 bridgehead atoms. The topological polar surface area (TPSA) is 58.7 Å². The highest BCUT2D eigenvalue weighted by atomic mass is 16.5. The smallest absolute Gasteiger partial charge is 0.0788 e. The molecule has 0 amide bonds. The molecule has 0 radical (unpaired) electrons. The van der Waals surface area contributed by atoms with Crippen LogP contribution in [0.1, 0.15) is 48.0 Å². The van der Waals surface area contributed by atoms with Gasteiger partial charge in [0.1, 0.15) is 0 Å². The van der Waals surface area contributed by atoms with Crippen LogP contribution < -0.4 is 5.73 Å². The maximum absolute atomic E-state index is 9.02. The maximum atomic E-state index is 9.02. The molecule has 1 heterocycles. The van der Waals surface area contributed by atoms with Gasteiger partial charge in [-0.15, -0.1) is 0 Å². The van der Waals surface area contributed by atoms with Crippen molar-refractivity contribution >= 4 is 0 Å². The number of aliphatic hydroxyl groups is 1. The number of nitrogens with two attached hydrogens (primary N) is 1. The van der Waals surface area contributed by atoms with Crippen LogP contribution >= 0.6 is 0 Å². The molecule has 3 N–H and O–H groups in total. The molecular formula is C15H32N2O2.